The maximum atomic E-state index is 13.3. The number of rotatable bonds is 8. The molecule has 188 valence electrons. The third-order valence-corrected chi connectivity index (χ3v) is 6.63. The van der Waals surface area contributed by atoms with E-state index in [0.29, 0.717) is 27.9 Å². The highest BCUT2D eigenvalue weighted by molar-refractivity contribution is 8.16. The zero-order valence-corrected chi connectivity index (χ0v) is 21.4. The van der Waals surface area contributed by atoms with Crippen LogP contribution in [0, 0.1) is 5.82 Å². The van der Waals surface area contributed by atoms with Crippen molar-refractivity contribution < 1.29 is 23.5 Å². The molecule has 0 fully saturated rings. The predicted molar refractivity (Wildman–Crippen MR) is 137 cm³/mol. The van der Waals surface area contributed by atoms with Gasteiger partial charge in [0.2, 0.25) is 5.91 Å². The minimum atomic E-state index is -0.578. The van der Waals surface area contributed by atoms with Gasteiger partial charge in [0.25, 0.3) is 0 Å². The Morgan fingerprint density at radius 2 is 1.89 bits per heavy atom. The number of carbonyl (C=O) groups excluding carboxylic acids is 2. The summed E-state index contributed by atoms with van der Waals surface area (Å²) >= 11 is 1.40. The molecule has 0 unspecified atom stereocenters. The molecule has 0 aromatic heterocycles. The van der Waals surface area contributed by atoms with Gasteiger partial charge in [-0.2, -0.15) is 0 Å². The second kappa shape index (κ2) is 11.0. The summed E-state index contributed by atoms with van der Waals surface area (Å²) < 4.78 is 24.4. The maximum Gasteiger partial charge on any atom is 0.338 e. The number of methoxy groups -OCH3 is 1. The maximum absolute atomic E-state index is 13.3. The molecule has 2 aromatic carbocycles. The lowest BCUT2D eigenvalue weighted by molar-refractivity contribution is -0.143. The van der Waals surface area contributed by atoms with Crippen molar-refractivity contribution in [2.45, 2.75) is 45.9 Å². The van der Waals surface area contributed by atoms with E-state index in [9.17, 15) is 14.0 Å². The van der Waals surface area contributed by atoms with Crippen LogP contribution in [0.25, 0.3) is 0 Å². The van der Waals surface area contributed by atoms with Crippen molar-refractivity contribution in [3.8, 4) is 5.75 Å². The summed E-state index contributed by atoms with van der Waals surface area (Å²) in [5.74, 6) is -0.377. The third kappa shape index (κ3) is 5.46. The van der Waals surface area contributed by atoms with E-state index in [0.717, 1.165) is 11.1 Å². The van der Waals surface area contributed by atoms with Gasteiger partial charge in [-0.25, -0.2) is 14.2 Å². The molecule has 0 radical (unpaired) electrons. The molecule has 0 spiro atoms. The van der Waals surface area contributed by atoms with Crippen molar-refractivity contribution >= 4 is 28.8 Å². The van der Waals surface area contributed by atoms with Crippen molar-refractivity contribution in [1.29, 1.82) is 0 Å². The van der Waals surface area contributed by atoms with Gasteiger partial charge < -0.3 is 19.7 Å². The van der Waals surface area contributed by atoms with Crippen molar-refractivity contribution in [2.24, 2.45) is 4.99 Å². The van der Waals surface area contributed by atoms with Gasteiger partial charge in [0.05, 0.1) is 36.9 Å². The Bertz CT molecular complexity index is 1250. The van der Waals surface area contributed by atoms with Gasteiger partial charge in [-0.15, -0.1) is 0 Å². The fourth-order valence-electron chi connectivity index (χ4n) is 4.12. The van der Waals surface area contributed by atoms with E-state index in [4.69, 9.17) is 9.47 Å². The predicted octanol–water partition coefficient (Wildman–Crippen LogP) is 5.07. The SMILES string of the molecule is COc1ccccc1[C@@H]1C(C(=O)OC(C)C)=C(C)N=C2SC=C(CC(=O)NCc3ccc(F)cc3)N21. The molecule has 4 rings (SSSR count). The summed E-state index contributed by atoms with van der Waals surface area (Å²) in [5, 5.41) is 5.43. The number of amides is 1. The van der Waals surface area contributed by atoms with E-state index in [1.165, 1.54) is 23.9 Å². The standard InChI is InChI=1S/C27H28FN3O4S/c1-16(2)35-26(33)24-17(3)30-27-31(25(24)21-7-5-6-8-22(21)34-4)20(15-36-27)13-23(32)29-14-18-9-11-19(28)12-10-18/h5-12,15-16,25H,13-14H2,1-4H3,(H,29,32)/t25-/m1/s1. The first kappa shape index (κ1) is 25.5. The Hall–Kier alpha value is -3.59. The largest absolute Gasteiger partial charge is 0.496 e. The van der Waals surface area contributed by atoms with E-state index in [1.54, 1.807) is 40.0 Å². The molecule has 2 aliphatic heterocycles. The van der Waals surface area contributed by atoms with Crippen molar-refractivity contribution in [2.75, 3.05) is 7.11 Å². The van der Waals surface area contributed by atoms with E-state index < -0.39 is 12.0 Å². The van der Waals surface area contributed by atoms with Gasteiger partial charge in [0.15, 0.2) is 5.17 Å². The Morgan fingerprint density at radius 1 is 1.17 bits per heavy atom. The molecule has 0 saturated carbocycles. The molecule has 2 aromatic rings. The average Bonchev–Trinajstić information content (AvgIpc) is 3.24. The molecule has 0 bridgehead atoms. The van der Waals surface area contributed by atoms with Crippen LogP contribution in [0.15, 0.2) is 75.9 Å². The molecule has 1 N–H and O–H groups in total. The van der Waals surface area contributed by atoms with Crippen LogP contribution in [-0.2, 0) is 20.9 Å². The number of halogens is 1. The van der Waals surface area contributed by atoms with Gasteiger partial charge in [-0.05, 0) is 49.9 Å². The number of carbonyl (C=O) groups is 2. The number of allylic oxidation sites excluding steroid dienone is 1. The van der Waals surface area contributed by atoms with Crippen LogP contribution >= 0.6 is 11.8 Å². The van der Waals surface area contributed by atoms with E-state index >= 15 is 0 Å². The van der Waals surface area contributed by atoms with Crippen LogP contribution in [0.3, 0.4) is 0 Å². The molecule has 36 heavy (non-hydrogen) atoms. The fraction of sp³-hybridized carbons (Fsp3) is 0.296. The molecule has 1 atom stereocenters. The second-order valence-electron chi connectivity index (χ2n) is 8.67. The van der Waals surface area contributed by atoms with Gasteiger partial charge in [0.1, 0.15) is 11.6 Å². The number of nitrogens with zero attached hydrogens (tertiary/aromatic N) is 2. The number of para-hydroxylation sites is 1. The first-order valence-corrected chi connectivity index (χ1v) is 12.5. The molecule has 1 amide bonds. The Kier molecular flexibility index (Phi) is 7.79. The van der Waals surface area contributed by atoms with Crippen molar-refractivity contribution in [3.63, 3.8) is 0 Å². The molecule has 2 heterocycles. The first-order valence-electron chi connectivity index (χ1n) is 11.6. The molecule has 0 saturated heterocycles. The summed E-state index contributed by atoms with van der Waals surface area (Å²) in [5.41, 5.74) is 3.22. The van der Waals surface area contributed by atoms with Gasteiger partial charge in [-0.1, -0.05) is 42.1 Å². The number of hydrogen-bond donors (Lipinski definition) is 1. The molecular formula is C27H28FN3O4S. The molecule has 9 heteroatoms. The number of amidine groups is 1. The van der Waals surface area contributed by atoms with Gasteiger partial charge in [-0.3, -0.25) is 4.79 Å². The summed E-state index contributed by atoms with van der Waals surface area (Å²) in [6.45, 7) is 5.66. The monoisotopic (exact) mass is 509 g/mol. The summed E-state index contributed by atoms with van der Waals surface area (Å²) in [7, 11) is 1.58. The van der Waals surface area contributed by atoms with Crippen LogP contribution in [0.5, 0.6) is 5.75 Å². The molecule has 0 aliphatic carbocycles. The van der Waals surface area contributed by atoms with Crippen LogP contribution in [-0.4, -0.2) is 35.2 Å². The number of benzene rings is 2. The summed E-state index contributed by atoms with van der Waals surface area (Å²) in [4.78, 5) is 32.7. The Morgan fingerprint density at radius 3 is 2.58 bits per heavy atom. The lowest BCUT2D eigenvalue weighted by Gasteiger charge is -2.37. The van der Waals surface area contributed by atoms with Crippen LogP contribution in [0.1, 0.15) is 44.4 Å². The van der Waals surface area contributed by atoms with Gasteiger partial charge >= 0.3 is 5.97 Å². The highest BCUT2D eigenvalue weighted by Gasteiger charge is 2.42. The van der Waals surface area contributed by atoms with Crippen LogP contribution in [0.4, 0.5) is 4.39 Å². The van der Waals surface area contributed by atoms with E-state index in [-0.39, 0.29) is 30.8 Å². The Labute approximate surface area is 214 Å². The van der Waals surface area contributed by atoms with Crippen molar-refractivity contribution in [3.05, 3.63) is 87.9 Å². The number of aliphatic imine (C=N–C) groups is 1. The van der Waals surface area contributed by atoms with Crippen LogP contribution in [0.2, 0.25) is 0 Å². The zero-order valence-electron chi connectivity index (χ0n) is 20.6. The smallest absolute Gasteiger partial charge is 0.338 e. The average molecular weight is 510 g/mol. The summed E-state index contributed by atoms with van der Waals surface area (Å²) in [6, 6.07) is 12.9. The highest BCUT2D eigenvalue weighted by Crippen LogP contribution is 2.46. The van der Waals surface area contributed by atoms with Gasteiger partial charge in [0, 0.05) is 17.8 Å². The molecule has 7 nitrogen and oxygen atoms in total. The highest BCUT2D eigenvalue weighted by atomic mass is 32.2. The van der Waals surface area contributed by atoms with Crippen molar-refractivity contribution in [1.82, 2.24) is 10.2 Å². The number of thioether (sulfide) groups is 1. The number of hydrogen-bond acceptors (Lipinski definition) is 7. The quantitative estimate of drug-likeness (QED) is 0.501. The Balaban J connectivity index is 1.63. The number of ether oxygens (including phenoxy) is 2. The summed E-state index contributed by atoms with van der Waals surface area (Å²) in [6.07, 6.45) is -0.230. The lowest BCUT2D eigenvalue weighted by Crippen LogP contribution is -2.38. The first-order chi connectivity index (χ1) is 17.3. The second-order valence-corrected chi connectivity index (χ2v) is 9.51. The number of nitrogens with one attached hydrogen (secondary N) is 1. The van der Waals surface area contributed by atoms with E-state index in [2.05, 4.69) is 10.3 Å². The normalized spacial score (nSPS) is 16.9. The van der Waals surface area contributed by atoms with E-state index in [1.807, 2.05) is 34.6 Å². The lowest BCUT2D eigenvalue weighted by atomic mass is 9.93. The molecular weight excluding hydrogens is 481 g/mol. The number of fused-ring (bicyclic) bond motifs is 1. The minimum absolute atomic E-state index is 0.0738. The third-order valence-electron chi connectivity index (χ3n) is 5.74. The van der Waals surface area contributed by atoms with Crippen LogP contribution < -0.4 is 10.1 Å². The zero-order chi connectivity index (χ0) is 25.8. The minimum Gasteiger partial charge on any atom is -0.496 e. The molecule has 2 aliphatic rings. The topological polar surface area (TPSA) is 80.2 Å². The number of esters is 1. The fourth-order valence-corrected chi connectivity index (χ4v) is 5.09.